The molecule has 0 unspecified atom stereocenters. The van der Waals surface area contributed by atoms with Crippen LogP contribution in [0, 0.1) is 6.92 Å². The molecule has 0 heterocycles. The predicted octanol–water partition coefficient (Wildman–Crippen LogP) is 4.53. The first-order valence-electron chi connectivity index (χ1n) is 8.32. The van der Waals surface area contributed by atoms with Gasteiger partial charge in [0.15, 0.2) is 0 Å². The molecule has 0 fully saturated rings. The van der Waals surface area contributed by atoms with Crippen molar-refractivity contribution in [2.45, 2.75) is 33.1 Å². The van der Waals surface area contributed by atoms with E-state index < -0.39 is 0 Å². The number of anilines is 1. The summed E-state index contributed by atoms with van der Waals surface area (Å²) in [6, 6.07) is 12.8. The zero-order valence-electron chi connectivity index (χ0n) is 14.7. The van der Waals surface area contributed by atoms with Gasteiger partial charge in [-0.25, -0.2) is 0 Å². The van der Waals surface area contributed by atoms with Crippen LogP contribution in [0.25, 0.3) is 0 Å². The molecule has 0 aliphatic carbocycles. The number of hydrogen-bond donors (Lipinski definition) is 2. The zero-order chi connectivity index (χ0) is 18.4. The van der Waals surface area contributed by atoms with Gasteiger partial charge < -0.3 is 10.6 Å². The van der Waals surface area contributed by atoms with Crippen LogP contribution in [0.5, 0.6) is 0 Å². The molecule has 0 radical (unpaired) electrons. The Morgan fingerprint density at radius 2 is 1.80 bits per heavy atom. The molecular weight excluding hydrogens is 336 g/mol. The molecule has 0 spiro atoms. The Hall–Kier alpha value is -2.33. The highest BCUT2D eigenvalue weighted by atomic mass is 35.5. The van der Waals surface area contributed by atoms with Crippen molar-refractivity contribution in [2.75, 3.05) is 11.9 Å². The summed E-state index contributed by atoms with van der Waals surface area (Å²) in [5.41, 5.74) is 3.40. The Kier molecular flexibility index (Phi) is 6.59. The van der Waals surface area contributed by atoms with Crippen molar-refractivity contribution in [3.8, 4) is 0 Å². The molecule has 2 aromatic rings. The second-order valence-electron chi connectivity index (χ2n) is 6.23. The smallest absolute Gasteiger partial charge is 0.252 e. The average Bonchev–Trinajstić information content (AvgIpc) is 2.56. The quantitative estimate of drug-likeness (QED) is 0.797. The lowest BCUT2D eigenvalue weighted by atomic mass is 9.98. The molecule has 0 aliphatic heterocycles. The number of carbonyl (C=O) groups is 2. The van der Waals surface area contributed by atoms with E-state index in [9.17, 15) is 9.59 Å². The SMILES string of the molecule is Cc1cccc(C(C)C)c1NC(=O)CCNC(=O)c1ccccc1Cl. The predicted molar refractivity (Wildman–Crippen MR) is 102 cm³/mol. The highest BCUT2D eigenvalue weighted by molar-refractivity contribution is 6.33. The first-order valence-corrected chi connectivity index (χ1v) is 8.70. The van der Waals surface area contributed by atoms with Gasteiger partial charge in [0.25, 0.3) is 5.91 Å². The Morgan fingerprint density at radius 3 is 2.48 bits per heavy atom. The summed E-state index contributed by atoms with van der Waals surface area (Å²) in [5.74, 6) is -0.0945. The highest BCUT2D eigenvalue weighted by Crippen LogP contribution is 2.27. The van der Waals surface area contributed by atoms with E-state index in [-0.39, 0.29) is 24.8 Å². The second kappa shape index (κ2) is 8.67. The van der Waals surface area contributed by atoms with Crippen LogP contribution in [0.1, 0.15) is 47.7 Å². The molecule has 0 saturated heterocycles. The molecule has 5 heteroatoms. The molecule has 2 amide bonds. The van der Waals surface area contributed by atoms with E-state index in [0.29, 0.717) is 16.5 Å². The largest absolute Gasteiger partial charge is 0.351 e. The number of benzene rings is 2. The van der Waals surface area contributed by atoms with Gasteiger partial charge in [-0.1, -0.05) is 55.8 Å². The van der Waals surface area contributed by atoms with Gasteiger partial charge >= 0.3 is 0 Å². The molecule has 132 valence electrons. The van der Waals surface area contributed by atoms with Crippen molar-refractivity contribution in [2.24, 2.45) is 0 Å². The molecule has 0 aromatic heterocycles. The molecule has 2 rings (SSSR count). The summed E-state index contributed by atoms with van der Waals surface area (Å²) in [4.78, 5) is 24.3. The van der Waals surface area contributed by atoms with Gasteiger partial charge in [-0.3, -0.25) is 9.59 Å². The second-order valence-corrected chi connectivity index (χ2v) is 6.63. The van der Waals surface area contributed by atoms with Crippen molar-refractivity contribution in [1.29, 1.82) is 0 Å². The minimum Gasteiger partial charge on any atom is -0.351 e. The lowest BCUT2D eigenvalue weighted by Crippen LogP contribution is -2.28. The van der Waals surface area contributed by atoms with E-state index >= 15 is 0 Å². The number of hydrogen-bond acceptors (Lipinski definition) is 2. The van der Waals surface area contributed by atoms with Crippen LogP contribution < -0.4 is 10.6 Å². The molecule has 0 aliphatic rings. The monoisotopic (exact) mass is 358 g/mol. The molecule has 0 bridgehead atoms. The van der Waals surface area contributed by atoms with Gasteiger partial charge in [0.1, 0.15) is 0 Å². The van der Waals surface area contributed by atoms with E-state index in [2.05, 4.69) is 24.5 Å². The number of para-hydroxylation sites is 1. The van der Waals surface area contributed by atoms with Crippen LogP contribution in [-0.4, -0.2) is 18.4 Å². The maximum Gasteiger partial charge on any atom is 0.252 e. The minimum absolute atomic E-state index is 0.129. The van der Waals surface area contributed by atoms with Gasteiger partial charge in [-0.15, -0.1) is 0 Å². The van der Waals surface area contributed by atoms with Crippen LogP contribution >= 0.6 is 11.6 Å². The third kappa shape index (κ3) is 5.07. The number of carbonyl (C=O) groups excluding carboxylic acids is 2. The molecule has 25 heavy (non-hydrogen) atoms. The summed E-state index contributed by atoms with van der Waals surface area (Å²) in [7, 11) is 0. The lowest BCUT2D eigenvalue weighted by Gasteiger charge is -2.16. The fourth-order valence-electron chi connectivity index (χ4n) is 2.57. The maximum atomic E-state index is 12.2. The van der Waals surface area contributed by atoms with Gasteiger partial charge in [0.2, 0.25) is 5.91 Å². The summed E-state index contributed by atoms with van der Waals surface area (Å²) >= 11 is 5.99. The molecule has 2 N–H and O–H groups in total. The van der Waals surface area contributed by atoms with Gasteiger partial charge in [-0.2, -0.15) is 0 Å². The van der Waals surface area contributed by atoms with E-state index in [1.54, 1.807) is 24.3 Å². The Morgan fingerprint density at radius 1 is 1.08 bits per heavy atom. The fourth-order valence-corrected chi connectivity index (χ4v) is 2.80. The molecule has 4 nitrogen and oxygen atoms in total. The minimum atomic E-state index is -0.280. The summed E-state index contributed by atoms with van der Waals surface area (Å²) < 4.78 is 0. The normalized spacial score (nSPS) is 10.6. The van der Waals surface area contributed by atoms with E-state index in [1.807, 2.05) is 25.1 Å². The Balaban J connectivity index is 1.92. The number of halogens is 1. The average molecular weight is 359 g/mol. The van der Waals surface area contributed by atoms with Gasteiger partial charge in [0, 0.05) is 18.7 Å². The first-order chi connectivity index (χ1) is 11.9. The summed E-state index contributed by atoms with van der Waals surface area (Å²) in [6.45, 7) is 6.40. The van der Waals surface area contributed by atoms with Crippen LogP contribution in [0.4, 0.5) is 5.69 Å². The molecule has 0 saturated carbocycles. The van der Waals surface area contributed by atoms with Crippen molar-refractivity contribution in [3.63, 3.8) is 0 Å². The number of nitrogens with one attached hydrogen (secondary N) is 2. The van der Waals surface area contributed by atoms with E-state index in [1.165, 1.54) is 0 Å². The zero-order valence-corrected chi connectivity index (χ0v) is 15.5. The molecule has 0 atom stereocenters. The number of amides is 2. The van der Waals surface area contributed by atoms with Crippen molar-refractivity contribution in [3.05, 3.63) is 64.2 Å². The van der Waals surface area contributed by atoms with E-state index in [0.717, 1.165) is 16.8 Å². The summed E-state index contributed by atoms with van der Waals surface area (Å²) in [6.07, 6.45) is 0.196. The Bertz CT molecular complexity index is 772. The van der Waals surface area contributed by atoms with Crippen molar-refractivity contribution in [1.82, 2.24) is 5.32 Å². The van der Waals surface area contributed by atoms with Crippen molar-refractivity contribution >= 4 is 29.1 Å². The van der Waals surface area contributed by atoms with Crippen LogP contribution in [0.3, 0.4) is 0 Å². The third-order valence-corrected chi connectivity index (χ3v) is 4.28. The van der Waals surface area contributed by atoms with Gasteiger partial charge in [0.05, 0.1) is 10.6 Å². The van der Waals surface area contributed by atoms with E-state index in [4.69, 9.17) is 11.6 Å². The van der Waals surface area contributed by atoms with Crippen LogP contribution in [0.2, 0.25) is 5.02 Å². The molecular formula is C20H23ClN2O2. The Labute approximate surface area is 153 Å². The molecule has 2 aromatic carbocycles. The van der Waals surface area contributed by atoms with Crippen LogP contribution in [-0.2, 0) is 4.79 Å². The number of aryl methyl sites for hydroxylation is 1. The third-order valence-electron chi connectivity index (χ3n) is 3.95. The number of rotatable bonds is 6. The topological polar surface area (TPSA) is 58.2 Å². The van der Waals surface area contributed by atoms with Crippen LogP contribution in [0.15, 0.2) is 42.5 Å². The standard InChI is InChI=1S/C20H23ClN2O2/c1-13(2)15-9-6-7-14(3)19(15)23-18(24)11-12-22-20(25)16-8-4-5-10-17(16)21/h4-10,13H,11-12H2,1-3H3,(H,22,25)(H,23,24). The fraction of sp³-hybridized carbons (Fsp3) is 0.300. The highest BCUT2D eigenvalue weighted by Gasteiger charge is 2.13. The summed E-state index contributed by atoms with van der Waals surface area (Å²) in [5, 5.41) is 6.09. The first kappa shape index (κ1) is 19.0. The lowest BCUT2D eigenvalue weighted by molar-refractivity contribution is -0.116. The van der Waals surface area contributed by atoms with Gasteiger partial charge in [-0.05, 0) is 36.1 Å². The van der Waals surface area contributed by atoms with Crippen molar-refractivity contribution < 1.29 is 9.59 Å². The maximum absolute atomic E-state index is 12.2.